The maximum Gasteiger partial charge on any atom is 0.293 e. The number of sulfone groups is 1. The van der Waals surface area contributed by atoms with E-state index in [1.807, 2.05) is 0 Å². The number of carbonyl (C=O) groups is 1. The number of aromatic nitrogens is 2. The van der Waals surface area contributed by atoms with Gasteiger partial charge in [-0.3, -0.25) is 10.1 Å². The Morgan fingerprint density at radius 3 is 2.82 bits per heavy atom. The number of furan rings is 1. The van der Waals surface area contributed by atoms with E-state index < -0.39 is 15.7 Å². The maximum absolute atomic E-state index is 11.5. The molecule has 0 saturated heterocycles. The zero-order chi connectivity index (χ0) is 12.5. The summed E-state index contributed by atoms with van der Waals surface area (Å²) in [5.41, 5.74) is 0. The van der Waals surface area contributed by atoms with E-state index in [-0.39, 0.29) is 16.0 Å². The predicted octanol–water partition coefficient (Wildman–Crippen LogP) is 0.787. The van der Waals surface area contributed by atoms with Crippen LogP contribution in [0.2, 0.25) is 0 Å². The Morgan fingerprint density at radius 1 is 1.53 bits per heavy atom. The first kappa shape index (κ1) is 11.7. The molecule has 0 bridgehead atoms. The molecular weight excluding hydrogens is 266 g/mol. The van der Waals surface area contributed by atoms with Crippen molar-refractivity contribution in [2.75, 3.05) is 11.6 Å². The third-order valence-corrected chi connectivity index (χ3v) is 3.30. The van der Waals surface area contributed by atoms with Gasteiger partial charge in [0, 0.05) is 17.8 Å². The minimum Gasteiger partial charge on any atom is -0.459 e. The molecule has 0 spiro atoms. The predicted molar refractivity (Wildman–Crippen MR) is 59.7 cm³/mol. The summed E-state index contributed by atoms with van der Waals surface area (Å²) in [7, 11) is -3.46. The summed E-state index contributed by atoms with van der Waals surface area (Å²) in [5.74, 6) is -0.396. The van der Waals surface area contributed by atoms with E-state index in [0.29, 0.717) is 0 Å². The van der Waals surface area contributed by atoms with Gasteiger partial charge in [-0.2, -0.15) is 9.36 Å². The van der Waals surface area contributed by atoms with E-state index in [0.717, 1.165) is 17.8 Å². The molecule has 2 aromatic heterocycles. The van der Waals surface area contributed by atoms with Gasteiger partial charge in [-0.1, -0.05) is 0 Å². The summed E-state index contributed by atoms with van der Waals surface area (Å²) in [5, 5.41) is 2.18. The lowest BCUT2D eigenvalue weighted by atomic mass is 10.4. The van der Waals surface area contributed by atoms with Crippen LogP contribution in [0.25, 0.3) is 0 Å². The Hall–Kier alpha value is -1.74. The van der Waals surface area contributed by atoms with E-state index in [4.69, 9.17) is 4.42 Å². The van der Waals surface area contributed by atoms with E-state index in [1.54, 1.807) is 6.07 Å². The second-order valence-electron chi connectivity index (χ2n) is 3.09. The summed E-state index contributed by atoms with van der Waals surface area (Å²) in [6.07, 6.45) is 2.35. The quantitative estimate of drug-likeness (QED) is 0.886. The van der Waals surface area contributed by atoms with Gasteiger partial charge in [0.2, 0.25) is 15.0 Å². The van der Waals surface area contributed by atoms with Crippen LogP contribution in [0.5, 0.6) is 0 Å². The molecule has 90 valence electrons. The molecule has 9 heteroatoms. The molecule has 0 aliphatic heterocycles. The fourth-order valence-corrected chi connectivity index (χ4v) is 2.42. The first-order chi connectivity index (χ1) is 7.97. The highest BCUT2D eigenvalue weighted by molar-refractivity contribution is 7.90. The van der Waals surface area contributed by atoms with Crippen molar-refractivity contribution in [2.45, 2.75) is 5.16 Å². The molecule has 0 saturated carbocycles. The molecule has 7 nitrogen and oxygen atoms in total. The maximum atomic E-state index is 11.5. The molecule has 0 aromatic carbocycles. The average molecular weight is 273 g/mol. The van der Waals surface area contributed by atoms with Crippen molar-refractivity contribution in [1.82, 2.24) is 9.36 Å². The van der Waals surface area contributed by atoms with Gasteiger partial charge in [-0.25, -0.2) is 8.42 Å². The van der Waals surface area contributed by atoms with Crippen molar-refractivity contribution < 1.29 is 17.6 Å². The van der Waals surface area contributed by atoms with Gasteiger partial charge in [0.15, 0.2) is 5.76 Å². The summed E-state index contributed by atoms with van der Waals surface area (Å²) < 4.78 is 30.7. The highest BCUT2D eigenvalue weighted by atomic mass is 32.2. The number of amides is 1. The van der Waals surface area contributed by atoms with Gasteiger partial charge in [-0.05, 0) is 12.1 Å². The van der Waals surface area contributed by atoms with Crippen molar-refractivity contribution in [3.8, 4) is 0 Å². The summed E-state index contributed by atoms with van der Waals surface area (Å²) in [6.45, 7) is 0. The Kier molecular flexibility index (Phi) is 2.94. The molecule has 0 radical (unpaired) electrons. The van der Waals surface area contributed by atoms with Crippen LogP contribution in [0, 0.1) is 0 Å². The molecule has 2 heterocycles. The minimum absolute atomic E-state index is 0.104. The third kappa shape index (κ3) is 2.68. The van der Waals surface area contributed by atoms with Gasteiger partial charge < -0.3 is 4.42 Å². The van der Waals surface area contributed by atoms with E-state index in [1.165, 1.54) is 12.3 Å². The van der Waals surface area contributed by atoms with Crippen LogP contribution in [-0.2, 0) is 9.84 Å². The number of anilines is 1. The molecule has 2 aromatic rings. The minimum atomic E-state index is -3.46. The van der Waals surface area contributed by atoms with Crippen molar-refractivity contribution >= 4 is 32.4 Å². The Bertz CT molecular complexity index is 630. The van der Waals surface area contributed by atoms with Crippen molar-refractivity contribution in [2.24, 2.45) is 0 Å². The molecule has 0 aliphatic carbocycles. The Balaban J connectivity index is 2.15. The summed E-state index contributed by atoms with van der Waals surface area (Å²) in [6, 6.07) is 3.05. The smallest absolute Gasteiger partial charge is 0.293 e. The average Bonchev–Trinajstić information content (AvgIpc) is 2.85. The molecule has 1 N–H and O–H groups in total. The van der Waals surface area contributed by atoms with Gasteiger partial charge in [-0.15, -0.1) is 0 Å². The normalized spacial score (nSPS) is 11.4. The highest BCUT2D eigenvalue weighted by Crippen LogP contribution is 2.15. The molecule has 0 atom stereocenters. The van der Waals surface area contributed by atoms with E-state index in [2.05, 4.69) is 14.7 Å². The number of nitrogens with zero attached hydrogens (tertiary/aromatic N) is 2. The van der Waals surface area contributed by atoms with Gasteiger partial charge >= 0.3 is 0 Å². The SMILES string of the molecule is CS(=O)(=O)c1nsc(NC(=O)c2ccco2)n1. The van der Waals surface area contributed by atoms with E-state index >= 15 is 0 Å². The second kappa shape index (κ2) is 4.26. The standard InChI is InChI=1S/C8H7N3O4S2/c1-17(13,14)8-10-7(16-11-8)9-6(12)5-3-2-4-15-5/h2-4H,1H3,(H,9,10,11,12). The molecule has 17 heavy (non-hydrogen) atoms. The van der Waals surface area contributed by atoms with Crippen LogP contribution >= 0.6 is 11.5 Å². The lowest BCUT2D eigenvalue weighted by Crippen LogP contribution is -2.10. The van der Waals surface area contributed by atoms with E-state index in [9.17, 15) is 13.2 Å². The fourth-order valence-electron chi connectivity index (χ4n) is 0.978. The number of hydrogen-bond donors (Lipinski definition) is 1. The molecule has 0 aliphatic rings. The van der Waals surface area contributed by atoms with Crippen molar-refractivity contribution in [1.29, 1.82) is 0 Å². The Labute approximate surface area is 101 Å². The highest BCUT2D eigenvalue weighted by Gasteiger charge is 2.17. The summed E-state index contributed by atoms with van der Waals surface area (Å²) >= 11 is 0.788. The number of nitrogens with one attached hydrogen (secondary N) is 1. The van der Waals surface area contributed by atoms with Crippen LogP contribution in [-0.4, -0.2) is 29.9 Å². The first-order valence-electron chi connectivity index (χ1n) is 4.35. The van der Waals surface area contributed by atoms with Crippen LogP contribution in [0.15, 0.2) is 28.0 Å². The van der Waals surface area contributed by atoms with Crippen LogP contribution in [0.4, 0.5) is 5.13 Å². The van der Waals surface area contributed by atoms with Gasteiger partial charge in [0.05, 0.1) is 6.26 Å². The summed E-state index contributed by atoms with van der Waals surface area (Å²) in [4.78, 5) is 15.2. The number of hydrogen-bond acceptors (Lipinski definition) is 7. The van der Waals surface area contributed by atoms with Gasteiger partial charge in [0.1, 0.15) is 0 Å². The molecular formula is C8H7N3O4S2. The molecule has 0 fully saturated rings. The number of carbonyl (C=O) groups excluding carboxylic acids is 1. The zero-order valence-corrected chi connectivity index (χ0v) is 10.2. The molecule has 0 unspecified atom stereocenters. The fraction of sp³-hybridized carbons (Fsp3) is 0.125. The number of rotatable bonds is 3. The molecule has 2 rings (SSSR count). The Morgan fingerprint density at radius 2 is 2.29 bits per heavy atom. The van der Waals surface area contributed by atoms with Crippen molar-refractivity contribution in [3.63, 3.8) is 0 Å². The van der Waals surface area contributed by atoms with Crippen LogP contribution in [0.3, 0.4) is 0 Å². The lowest BCUT2D eigenvalue weighted by molar-refractivity contribution is 0.0996. The second-order valence-corrected chi connectivity index (χ2v) is 5.75. The van der Waals surface area contributed by atoms with Crippen molar-refractivity contribution in [3.05, 3.63) is 24.2 Å². The monoisotopic (exact) mass is 273 g/mol. The van der Waals surface area contributed by atoms with Crippen LogP contribution < -0.4 is 5.32 Å². The zero-order valence-electron chi connectivity index (χ0n) is 8.58. The largest absolute Gasteiger partial charge is 0.459 e. The lowest BCUT2D eigenvalue weighted by Gasteiger charge is -1.95. The van der Waals surface area contributed by atoms with Crippen LogP contribution in [0.1, 0.15) is 10.6 Å². The topological polar surface area (TPSA) is 102 Å². The third-order valence-electron chi connectivity index (χ3n) is 1.70. The first-order valence-corrected chi connectivity index (χ1v) is 7.02. The van der Waals surface area contributed by atoms with Gasteiger partial charge in [0.25, 0.3) is 11.1 Å². The molecule has 1 amide bonds.